The van der Waals surface area contributed by atoms with E-state index in [1.807, 2.05) is 27.2 Å². The Bertz CT molecular complexity index is 1030. The summed E-state index contributed by atoms with van der Waals surface area (Å²) in [4.78, 5) is 23.1. The molecule has 0 aliphatic heterocycles. The Morgan fingerprint density at radius 1 is 0.579 bits per heavy atom. The Labute approximate surface area is 353 Å². The van der Waals surface area contributed by atoms with Crippen LogP contribution in [0.3, 0.4) is 0 Å². The summed E-state index contributed by atoms with van der Waals surface area (Å²) in [6.45, 7) is 4.79. The van der Waals surface area contributed by atoms with Crippen LogP contribution in [0.25, 0.3) is 0 Å². The minimum Gasteiger partial charge on any atom is -0.387 e. The van der Waals surface area contributed by atoms with E-state index in [0.717, 1.165) is 44.9 Å². The molecule has 0 aliphatic carbocycles. The summed E-state index contributed by atoms with van der Waals surface area (Å²) >= 11 is 0. The molecule has 0 rings (SSSR count). The fourth-order valence-corrected chi connectivity index (χ4v) is 7.51. The van der Waals surface area contributed by atoms with Gasteiger partial charge in [-0.3, -0.25) is 13.8 Å². The van der Waals surface area contributed by atoms with Crippen molar-refractivity contribution in [3.05, 3.63) is 36.5 Å². The second-order valence-corrected chi connectivity index (χ2v) is 18.9. The van der Waals surface area contributed by atoms with E-state index in [9.17, 15) is 19.4 Å². The summed E-state index contributed by atoms with van der Waals surface area (Å²) in [6.07, 6.45) is 49.3. The monoisotopic (exact) mass is 826 g/mol. The molecule has 0 aromatic carbocycles. The van der Waals surface area contributed by atoms with E-state index in [2.05, 4.69) is 43.5 Å². The number of nitrogens with zero attached hydrogens (tertiary/aromatic N) is 1. The van der Waals surface area contributed by atoms with Crippen LogP contribution in [0.15, 0.2) is 36.5 Å². The van der Waals surface area contributed by atoms with Crippen molar-refractivity contribution in [1.82, 2.24) is 5.32 Å². The highest BCUT2D eigenvalue weighted by Crippen LogP contribution is 2.43. The van der Waals surface area contributed by atoms with E-state index in [1.165, 1.54) is 148 Å². The van der Waals surface area contributed by atoms with Gasteiger partial charge in [0.05, 0.1) is 39.9 Å². The zero-order chi connectivity index (χ0) is 42.1. The summed E-state index contributed by atoms with van der Waals surface area (Å²) in [5.74, 6) is -0.189. The lowest BCUT2D eigenvalue weighted by molar-refractivity contribution is -0.870. The lowest BCUT2D eigenvalue weighted by atomic mass is 10.0. The zero-order valence-electron chi connectivity index (χ0n) is 38.1. The van der Waals surface area contributed by atoms with Crippen LogP contribution in [0, 0.1) is 0 Å². The molecule has 336 valence electrons. The number of phosphoric ester groups is 1. The van der Waals surface area contributed by atoms with E-state index in [1.54, 1.807) is 6.08 Å². The molecule has 0 saturated heterocycles. The number of aliphatic hydroxyl groups excluding tert-OH is 1. The Morgan fingerprint density at radius 2 is 0.965 bits per heavy atom. The van der Waals surface area contributed by atoms with Gasteiger partial charge in [0.25, 0.3) is 0 Å². The van der Waals surface area contributed by atoms with Gasteiger partial charge in [-0.25, -0.2) is 4.57 Å². The molecule has 8 nitrogen and oxygen atoms in total. The summed E-state index contributed by atoms with van der Waals surface area (Å²) in [5, 5.41) is 13.8. The quantitative estimate of drug-likeness (QED) is 0.0245. The van der Waals surface area contributed by atoms with Crippen molar-refractivity contribution in [3.63, 3.8) is 0 Å². The molecule has 9 heteroatoms. The Hall–Kier alpha value is -1.28. The van der Waals surface area contributed by atoms with Crippen LogP contribution in [-0.2, 0) is 18.4 Å². The SMILES string of the molecule is CCCCCCCCCC/C=C/CC/C=C/CC/C=C/C(O)C(COP(=O)(O)OCC[N+](C)(C)C)NC(=O)CCCCCCCCCCCCCCCCCCC. The fourth-order valence-electron chi connectivity index (χ4n) is 6.78. The highest BCUT2D eigenvalue weighted by atomic mass is 31.2. The average molecular weight is 826 g/mol. The van der Waals surface area contributed by atoms with Gasteiger partial charge in [-0.2, -0.15) is 0 Å². The van der Waals surface area contributed by atoms with Gasteiger partial charge in [0.2, 0.25) is 5.91 Å². The number of phosphoric acid groups is 1. The molecule has 0 aromatic rings. The van der Waals surface area contributed by atoms with Gasteiger partial charge in [-0.1, -0.05) is 198 Å². The number of rotatable bonds is 43. The molecule has 0 spiro atoms. The largest absolute Gasteiger partial charge is 0.472 e. The number of unbranched alkanes of at least 4 members (excludes halogenated alkanes) is 26. The van der Waals surface area contributed by atoms with Crippen molar-refractivity contribution in [2.75, 3.05) is 40.9 Å². The van der Waals surface area contributed by atoms with E-state index < -0.39 is 20.0 Å². The van der Waals surface area contributed by atoms with Crippen LogP contribution in [0.5, 0.6) is 0 Å². The first-order valence-corrected chi connectivity index (χ1v) is 25.4. The number of carbonyl (C=O) groups excluding carboxylic acids is 1. The van der Waals surface area contributed by atoms with E-state index in [0.29, 0.717) is 17.4 Å². The van der Waals surface area contributed by atoms with Crippen molar-refractivity contribution in [2.24, 2.45) is 0 Å². The summed E-state index contributed by atoms with van der Waals surface area (Å²) in [7, 11) is 1.55. The number of quaternary nitrogens is 1. The fraction of sp³-hybridized carbons (Fsp3) is 0.854. The second-order valence-electron chi connectivity index (χ2n) is 17.5. The minimum absolute atomic E-state index is 0.0547. The number of likely N-dealkylation sites (N-methyl/N-ethyl adjacent to an activating group) is 1. The van der Waals surface area contributed by atoms with Crippen LogP contribution in [0.4, 0.5) is 0 Å². The first-order chi connectivity index (χ1) is 27.5. The van der Waals surface area contributed by atoms with Gasteiger partial charge < -0.3 is 19.8 Å². The van der Waals surface area contributed by atoms with Crippen molar-refractivity contribution < 1.29 is 32.9 Å². The van der Waals surface area contributed by atoms with Gasteiger partial charge >= 0.3 is 7.82 Å². The van der Waals surface area contributed by atoms with Crippen molar-refractivity contribution in [3.8, 4) is 0 Å². The third-order valence-electron chi connectivity index (χ3n) is 10.6. The van der Waals surface area contributed by atoms with Crippen LogP contribution < -0.4 is 5.32 Å². The summed E-state index contributed by atoms with van der Waals surface area (Å²) < 4.78 is 23.6. The molecule has 0 bridgehead atoms. The molecule has 0 fully saturated rings. The molecular weight excluding hydrogens is 732 g/mol. The van der Waals surface area contributed by atoms with Gasteiger partial charge in [0.1, 0.15) is 13.2 Å². The van der Waals surface area contributed by atoms with Crippen LogP contribution in [0.1, 0.15) is 213 Å². The number of nitrogens with one attached hydrogen (secondary N) is 1. The van der Waals surface area contributed by atoms with Gasteiger partial charge in [0.15, 0.2) is 0 Å². The summed E-state index contributed by atoms with van der Waals surface area (Å²) in [5.41, 5.74) is 0. The maximum absolute atomic E-state index is 12.9. The number of allylic oxidation sites excluding steroid dienone is 5. The van der Waals surface area contributed by atoms with Crippen molar-refractivity contribution >= 4 is 13.7 Å². The predicted molar refractivity (Wildman–Crippen MR) is 244 cm³/mol. The molecule has 0 saturated carbocycles. The summed E-state index contributed by atoms with van der Waals surface area (Å²) in [6, 6.07) is -0.866. The minimum atomic E-state index is -4.35. The number of amides is 1. The van der Waals surface area contributed by atoms with E-state index in [4.69, 9.17) is 9.05 Å². The molecule has 1 amide bonds. The third-order valence-corrected chi connectivity index (χ3v) is 11.6. The Balaban J connectivity index is 4.44. The lowest BCUT2D eigenvalue weighted by Gasteiger charge is -2.25. The maximum atomic E-state index is 12.9. The van der Waals surface area contributed by atoms with Crippen LogP contribution in [-0.4, -0.2) is 73.4 Å². The van der Waals surface area contributed by atoms with Crippen LogP contribution in [0.2, 0.25) is 0 Å². The van der Waals surface area contributed by atoms with Crippen LogP contribution >= 0.6 is 7.82 Å². The molecule has 57 heavy (non-hydrogen) atoms. The normalized spacial score (nSPS) is 14.6. The van der Waals surface area contributed by atoms with Gasteiger partial charge in [0, 0.05) is 6.42 Å². The molecular formula is C48H94N2O6P+. The highest BCUT2D eigenvalue weighted by Gasteiger charge is 2.27. The molecule has 3 unspecified atom stereocenters. The molecule has 0 heterocycles. The van der Waals surface area contributed by atoms with Crippen molar-refractivity contribution in [2.45, 2.75) is 225 Å². The van der Waals surface area contributed by atoms with Gasteiger partial charge in [-0.15, -0.1) is 0 Å². The van der Waals surface area contributed by atoms with Crippen molar-refractivity contribution in [1.29, 1.82) is 0 Å². The predicted octanol–water partition coefficient (Wildman–Crippen LogP) is 13.5. The lowest BCUT2D eigenvalue weighted by Crippen LogP contribution is -2.45. The first kappa shape index (κ1) is 55.7. The first-order valence-electron chi connectivity index (χ1n) is 23.9. The zero-order valence-corrected chi connectivity index (χ0v) is 39.0. The molecule has 0 aliphatic rings. The highest BCUT2D eigenvalue weighted by molar-refractivity contribution is 7.47. The Kier molecular flexibility index (Phi) is 39.2. The smallest absolute Gasteiger partial charge is 0.387 e. The number of carbonyl (C=O) groups is 1. The number of aliphatic hydroxyl groups is 1. The molecule has 0 aromatic heterocycles. The third kappa shape index (κ3) is 42.6. The molecule has 0 radical (unpaired) electrons. The number of hydrogen-bond acceptors (Lipinski definition) is 5. The second kappa shape index (κ2) is 40.1. The standard InChI is InChI=1S/C48H93N2O6P/c1-6-8-10-12-14-16-18-20-22-24-26-27-29-31-33-35-37-39-41-47(51)46(45-56-57(53,54)55-44-43-50(3,4)5)49-48(52)42-40-38-36-34-32-30-28-25-23-21-19-17-15-13-11-9-7-2/h24,26,31,33,39,41,46-47,51H,6-23,25,27-30,32,34-38,40,42-45H2,1-5H3,(H-,49,52,53,54)/p+1/b26-24+,33-31+,41-39+. The molecule has 3 N–H and O–H groups in total. The Morgan fingerprint density at radius 3 is 1.40 bits per heavy atom. The van der Waals surface area contributed by atoms with Gasteiger partial charge in [-0.05, 0) is 44.9 Å². The van der Waals surface area contributed by atoms with E-state index in [-0.39, 0.29) is 19.1 Å². The number of hydrogen-bond donors (Lipinski definition) is 3. The van der Waals surface area contributed by atoms with E-state index >= 15 is 0 Å². The maximum Gasteiger partial charge on any atom is 0.472 e. The topological polar surface area (TPSA) is 105 Å². The average Bonchev–Trinajstić information content (AvgIpc) is 3.16. The molecule has 3 atom stereocenters.